The van der Waals surface area contributed by atoms with Crippen molar-refractivity contribution in [2.75, 3.05) is 45.7 Å². The van der Waals surface area contributed by atoms with Crippen molar-refractivity contribution in [1.82, 2.24) is 10.2 Å². The molecule has 1 saturated heterocycles. The van der Waals surface area contributed by atoms with Gasteiger partial charge in [0.2, 0.25) is 0 Å². The van der Waals surface area contributed by atoms with Gasteiger partial charge in [-0.25, -0.2) is 0 Å². The standard InChI is InChI=1S/C21H34N4O.HI/c1-22-20(25-14-12-21(17-25)10-4-3-5-11-21)24-16-18-6-8-19(9-7-18)23-13-15-26-2;/h6-9,23H,3-5,10-17H2,1-2H3,(H,22,24);1H. The van der Waals surface area contributed by atoms with Gasteiger partial charge in [-0.3, -0.25) is 4.99 Å². The topological polar surface area (TPSA) is 48.9 Å². The molecule has 1 aromatic rings. The average Bonchev–Trinajstić information content (AvgIpc) is 3.07. The van der Waals surface area contributed by atoms with Gasteiger partial charge >= 0.3 is 0 Å². The van der Waals surface area contributed by atoms with Crippen molar-refractivity contribution < 1.29 is 4.74 Å². The first-order chi connectivity index (χ1) is 12.7. The van der Waals surface area contributed by atoms with E-state index < -0.39 is 0 Å². The highest BCUT2D eigenvalue weighted by atomic mass is 127. The summed E-state index contributed by atoms with van der Waals surface area (Å²) in [5.74, 6) is 1.05. The van der Waals surface area contributed by atoms with Crippen LogP contribution in [0.4, 0.5) is 5.69 Å². The first-order valence-electron chi connectivity index (χ1n) is 10.0. The number of methoxy groups -OCH3 is 1. The van der Waals surface area contributed by atoms with E-state index in [1.807, 2.05) is 7.05 Å². The maximum atomic E-state index is 5.06. The summed E-state index contributed by atoms with van der Waals surface area (Å²) < 4.78 is 5.06. The van der Waals surface area contributed by atoms with Gasteiger partial charge in [-0.15, -0.1) is 24.0 Å². The maximum Gasteiger partial charge on any atom is 0.193 e. The van der Waals surface area contributed by atoms with Crippen LogP contribution in [-0.2, 0) is 11.3 Å². The first-order valence-corrected chi connectivity index (χ1v) is 10.0. The zero-order chi connectivity index (χ0) is 18.2. The highest BCUT2D eigenvalue weighted by Gasteiger charge is 2.39. The van der Waals surface area contributed by atoms with Gasteiger partial charge in [0.25, 0.3) is 0 Å². The Labute approximate surface area is 181 Å². The SMILES string of the molecule is CN=C(NCc1ccc(NCCOC)cc1)N1CCC2(CCCCC2)C1.I. The van der Waals surface area contributed by atoms with Gasteiger partial charge < -0.3 is 20.3 Å². The van der Waals surface area contributed by atoms with Crippen LogP contribution in [0, 0.1) is 5.41 Å². The van der Waals surface area contributed by atoms with Crippen LogP contribution < -0.4 is 10.6 Å². The molecule has 2 aliphatic rings. The van der Waals surface area contributed by atoms with Gasteiger partial charge in [0.1, 0.15) is 0 Å². The van der Waals surface area contributed by atoms with Crippen molar-refractivity contribution >= 4 is 35.6 Å². The Morgan fingerprint density at radius 1 is 1.15 bits per heavy atom. The van der Waals surface area contributed by atoms with E-state index in [1.165, 1.54) is 50.6 Å². The predicted octanol–water partition coefficient (Wildman–Crippen LogP) is 4.09. The van der Waals surface area contributed by atoms with Crippen LogP contribution in [0.15, 0.2) is 29.3 Å². The number of hydrogen-bond donors (Lipinski definition) is 2. The van der Waals surface area contributed by atoms with Crippen LogP contribution in [0.2, 0.25) is 0 Å². The molecule has 152 valence electrons. The number of nitrogens with zero attached hydrogens (tertiary/aromatic N) is 2. The summed E-state index contributed by atoms with van der Waals surface area (Å²) in [6.45, 7) is 4.68. The van der Waals surface area contributed by atoms with Crippen molar-refractivity contribution in [3.63, 3.8) is 0 Å². The Hall–Kier alpha value is -1.02. The lowest BCUT2D eigenvalue weighted by Gasteiger charge is -2.33. The molecule has 1 aromatic carbocycles. The molecular weight excluding hydrogens is 451 g/mol. The third-order valence-corrected chi connectivity index (χ3v) is 5.90. The second kappa shape index (κ2) is 11.1. The van der Waals surface area contributed by atoms with Crippen molar-refractivity contribution in [1.29, 1.82) is 0 Å². The first kappa shape index (κ1) is 22.3. The second-order valence-electron chi connectivity index (χ2n) is 7.75. The van der Waals surface area contributed by atoms with Gasteiger partial charge in [-0.1, -0.05) is 31.4 Å². The molecule has 1 saturated carbocycles. The fraction of sp³-hybridized carbons (Fsp3) is 0.667. The number of likely N-dealkylation sites (tertiary alicyclic amines) is 1. The molecule has 1 aliphatic heterocycles. The van der Waals surface area contributed by atoms with E-state index in [4.69, 9.17) is 4.74 Å². The van der Waals surface area contributed by atoms with E-state index in [0.29, 0.717) is 5.41 Å². The highest BCUT2D eigenvalue weighted by molar-refractivity contribution is 14.0. The normalized spacial score (nSPS) is 19.0. The van der Waals surface area contributed by atoms with Crippen LogP contribution in [0.3, 0.4) is 0 Å². The fourth-order valence-corrected chi connectivity index (χ4v) is 4.38. The van der Waals surface area contributed by atoms with Gasteiger partial charge in [0, 0.05) is 46.0 Å². The van der Waals surface area contributed by atoms with E-state index in [1.54, 1.807) is 7.11 Å². The molecule has 1 heterocycles. The molecule has 0 radical (unpaired) electrons. The van der Waals surface area contributed by atoms with E-state index in [0.717, 1.165) is 37.9 Å². The Bertz CT molecular complexity index is 584. The molecule has 2 fully saturated rings. The largest absolute Gasteiger partial charge is 0.383 e. The number of anilines is 1. The summed E-state index contributed by atoms with van der Waals surface area (Å²) in [7, 11) is 3.62. The summed E-state index contributed by atoms with van der Waals surface area (Å²) >= 11 is 0. The lowest BCUT2D eigenvalue weighted by molar-refractivity contribution is 0.203. The van der Waals surface area contributed by atoms with Crippen molar-refractivity contribution in [2.45, 2.75) is 45.1 Å². The highest BCUT2D eigenvalue weighted by Crippen LogP contribution is 2.43. The van der Waals surface area contributed by atoms with E-state index >= 15 is 0 Å². The lowest BCUT2D eigenvalue weighted by Crippen LogP contribution is -2.41. The molecule has 0 bridgehead atoms. The van der Waals surface area contributed by atoms with Crippen LogP contribution in [0.1, 0.15) is 44.1 Å². The average molecular weight is 486 g/mol. The van der Waals surface area contributed by atoms with Crippen LogP contribution in [0.5, 0.6) is 0 Å². The summed E-state index contributed by atoms with van der Waals surface area (Å²) in [6.07, 6.45) is 8.37. The minimum absolute atomic E-state index is 0. The maximum absolute atomic E-state index is 5.06. The number of hydrogen-bond acceptors (Lipinski definition) is 3. The third kappa shape index (κ3) is 6.24. The number of aliphatic imine (C=N–C) groups is 1. The molecule has 6 heteroatoms. The van der Waals surface area contributed by atoms with E-state index in [9.17, 15) is 0 Å². The zero-order valence-electron chi connectivity index (χ0n) is 16.8. The van der Waals surface area contributed by atoms with Gasteiger partial charge in [-0.05, 0) is 42.4 Å². The van der Waals surface area contributed by atoms with Gasteiger partial charge in [0.15, 0.2) is 5.96 Å². The number of halogens is 1. The predicted molar refractivity (Wildman–Crippen MR) is 124 cm³/mol. The van der Waals surface area contributed by atoms with Crippen molar-refractivity contribution in [3.05, 3.63) is 29.8 Å². The van der Waals surface area contributed by atoms with Crippen molar-refractivity contribution in [3.8, 4) is 0 Å². The summed E-state index contributed by atoms with van der Waals surface area (Å²) in [4.78, 5) is 7.00. The van der Waals surface area contributed by atoms with Gasteiger partial charge in [0.05, 0.1) is 6.61 Å². The minimum atomic E-state index is 0. The summed E-state index contributed by atoms with van der Waals surface area (Å²) in [6, 6.07) is 8.59. The van der Waals surface area contributed by atoms with Crippen molar-refractivity contribution in [2.24, 2.45) is 10.4 Å². The smallest absolute Gasteiger partial charge is 0.193 e. The molecule has 0 amide bonds. The second-order valence-corrected chi connectivity index (χ2v) is 7.75. The molecule has 0 unspecified atom stereocenters. The molecule has 0 aromatic heterocycles. The number of nitrogens with one attached hydrogen (secondary N) is 2. The summed E-state index contributed by atoms with van der Waals surface area (Å²) in [5, 5.41) is 6.91. The number of benzene rings is 1. The third-order valence-electron chi connectivity index (χ3n) is 5.90. The van der Waals surface area contributed by atoms with E-state index in [2.05, 4.69) is 44.8 Å². The molecular formula is C21H35IN4O. The lowest BCUT2D eigenvalue weighted by atomic mass is 9.73. The Morgan fingerprint density at radius 3 is 2.56 bits per heavy atom. The Kier molecular flexibility index (Phi) is 9.15. The Morgan fingerprint density at radius 2 is 1.89 bits per heavy atom. The fourth-order valence-electron chi connectivity index (χ4n) is 4.38. The molecule has 0 atom stereocenters. The van der Waals surface area contributed by atoms with Crippen LogP contribution >= 0.6 is 24.0 Å². The molecule has 5 nitrogen and oxygen atoms in total. The quantitative estimate of drug-likeness (QED) is 0.275. The minimum Gasteiger partial charge on any atom is -0.383 e. The zero-order valence-corrected chi connectivity index (χ0v) is 19.1. The number of guanidine groups is 1. The Balaban J connectivity index is 0.00000261. The molecule has 2 N–H and O–H groups in total. The van der Waals surface area contributed by atoms with E-state index in [-0.39, 0.29) is 24.0 Å². The summed E-state index contributed by atoms with van der Waals surface area (Å²) in [5.41, 5.74) is 2.97. The number of rotatable bonds is 6. The van der Waals surface area contributed by atoms with Gasteiger partial charge in [-0.2, -0.15) is 0 Å². The number of ether oxygens (including phenoxy) is 1. The monoisotopic (exact) mass is 486 g/mol. The molecule has 27 heavy (non-hydrogen) atoms. The molecule has 1 spiro atoms. The molecule has 1 aliphatic carbocycles. The van der Waals surface area contributed by atoms with Crippen LogP contribution in [0.25, 0.3) is 0 Å². The molecule has 3 rings (SSSR count). The van der Waals surface area contributed by atoms with Crippen LogP contribution in [-0.4, -0.2) is 51.3 Å².